The fourth-order valence-electron chi connectivity index (χ4n) is 2.28. The number of oxazole rings is 1. The first kappa shape index (κ1) is 12.7. The Hall–Kier alpha value is -2.30. The molecule has 0 atom stereocenters. The molecule has 0 aliphatic heterocycles. The number of nitrogens with one attached hydrogen (secondary N) is 1. The van der Waals surface area contributed by atoms with Gasteiger partial charge >= 0.3 is 0 Å². The van der Waals surface area contributed by atoms with Crippen molar-refractivity contribution in [1.29, 1.82) is 0 Å². The van der Waals surface area contributed by atoms with Crippen molar-refractivity contribution in [2.45, 2.75) is 33.4 Å². The molecule has 3 rings (SSSR count). The van der Waals surface area contributed by atoms with E-state index in [0.29, 0.717) is 5.89 Å². The van der Waals surface area contributed by atoms with Gasteiger partial charge in [-0.2, -0.15) is 0 Å². The van der Waals surface area contributed by atoms with Gasteiger partial charge in [-0.15, -0.1) is 0 Å². The van der Waals surface area contributed by atoms with Gasteiger partial charge in [0.05, 0.1) is 18.6 Å². The second kappa shape index (κ2) is 5.36. The number of rotatable bonds is 5. The SMILES string of the molecule is CCCn1cncc1CNc1ccc2oc(C)nc2c1. The summed E-state index contributed by atoms with van der Waals surface area (Å²) in [4.78, 5) is 8.54. The lowest BCUT2D eigenvalue weighted by atomic mass is 10.3. The summed E-state index contributed by atoms with van der Waals surface area (Å²) in [5.74, 6) is 0.693. The van der Waals surface area contributed by atoms with E-state index in [9.17, 15) is 0 Å². The molecule has 0 saturated carbocycles. The van der Waals surface area contributed by atoms with E-state index in [4.69, 9.17) is 4.42 Å². The van der Waals surface area contributed by atoms with Gasteiger partial charge in [0.25, 0.3) is 0 Å². The lowest BCUT2D eigenvalue weighted by Crippen LogP contribution is -2.06. The van der Waals surface area contributed by atoms with E-state index >= 15 is 0 Å². The van der Waals surface area contributed by atoms with Gasteiger partial charge in [-0.05, 0) is 24.6 Å². The molecular formula is C15H18N4O. The average Bonchev–Trinajstić information content (AvgIpc) is 3.01. The molecule has 0 saturated heterocycles. The van der Waals surface area contributed by atoms with Gasteiger partial charge in [0.15, 0.2) is 11.5 Å². The van der Waals surface area contributed by atoms with E-state index in [1.807, 2.05) is 37.6 Å². The standard InChI is InChI=1S/C15H18N4O/c1-3-6-19-10-16-8-13(19)9-17-12-4-5-15-14(7-12)18-11(2)20-15/h4-5,7-8,10,17H,3,6,9H2,1-2H3. The van der Waals surface area contributed by atoms with Crippen LogP contribution in [-0.2, 0) is 13.1 Å². The van der Waals surface area contributed by atoms with E-state index in [1.54, 1.807) is 0 Å². The van der Waals surface area contributed by atoms with Crippen LogP contribution in [0.2, 0.25) is 0 Å². The summed E-state index contributed by atoms with van der Waals surface area (Å²) in [5, 5.41) is 3.40. The first-order valence-electron chi connectivity index (χ1n) is 6.86. The molecule has 1 N–H and O–H groups in total. The monoisotopic (exact) mass is 270 g/mol. The van der Waals surface area contributed by atoms with Crippen LogP contribution in [0.15, 0.2) is 35.1 Å². The fraction of sp³-hybridized carbons (Fsp3) is 0.333. The second-order valence-corrected chi connectivity index (χ2v) is 4.85. The van der Waals surface area contributed by atoms with Crippen molar-refractivity contribution in [3.05, 3.63) is 42.3 Å². The summed E-state index contributed by atoms with van der Waals surface area (Å²) in [7, 11) is 0. The topological polar surface area (TPSA) is 55.9 Å². The number of aryl methyl sites for hydroxylation is 2. The number of aromatic nitrogens is 3. The van der Waals surface area contributed by atoms with Crippen molar-refractivity contribution in [1.82, 2.24) is 14.5 Å². The Morgan fingerprint density at radius 2 is 2.25 bits per heavy atom. The minimum atomic E-state index is 0.693. The van der Waals surface area contributed by atoms with Gasteiger partial charge in [-0.1, -0.05) is 6.92 Å². The molecule has 104 valence electrons. The summed E-state index contributed by atoms with van der Waals surface area (Å²) >= 11 is 0. The van der Waals surface area contributed by atoms with E-state index in [-0.39, 0.29) is 0 Å². The lowest BCUT2D eigenvalue weighted by Gasteiger charge is -2.09. The normalized spacial score (nSPS) is 11.1. The number of nitrogens with zero attached hydrogens (tertiary/aromatic N) is 3. The number of hydrogen-bond donors (Lipinski definition) is 1. The zero-order valence-electron chi connectivity index (χ0n) is 11.8. The molecule has 0 unspecified atom stereocenters. The van der Waals surface area contributed by atoms with Gasteiger partial charge in [-0.25, -0.2) is 9.97 Å². The first-order chi connectivity index (χ1) is 9.76. The maximum atomic E-state index is 5.47. The third-order valence-electron chi connectivity index (χ3n) is 3.23. The van der Waals surface area contributed by atoms with Crippen molar-refractivity contribution in [2.75, 3.05) is 5.32 Å². The highest BCUT2D eigenvalue weighted by molar-refractivity contribution is 5.77. The van der Waals surface area contributed by atoms with Crippen LogP contribution in [0.3, 0.4) is 0 Å². The maximum Gasteiger partial charge on any atom is 0.192 e. The summed E-state index contributed by atoms with van der Waals surface area (Å²) in [5.41, 5.74) is 3.93. The Kier molecular flexibility index (Phi) is 3.41. The minimum Gasteiger partial charge on any atom is -0.441 e. The van der Waals surface area contributed by atoms with Crippen LogP contribution in [0.4, 0.5) is 5.69 Å². The van der Waals surface area contributed by atoms with E-state index in [0.717, 1.165) is 36.3 Å². The first-order valence-corrected chi connectivity index (χ1v) is 6.86. The molecule has 2 heterocycles. The third-order valence-corrected chi connectivity index (χ3v) is 3.23. The number of benzene rings is 1. The predicted molar refractivity (Wildman–Crippen MR) is 78.6 cm³/mol. The summed E-state index contributed by atoms with van der Waals surface area (Å²) in [6.07, 6.45) is 4.89. The van der Waals surface area contributed by atoms with E-state index in [1.165, 1.54) is 5.69 Å². The largest absolute Gasteiger partial charge is 0.441 e. The number of fused-ring (bicyclic) bond motifs is 1. The summed E-state index contributed by atoms with van der Waals surface area (Å²) in [6, 6.07) is 5.96. The summed E-state index contributed by atoms with van der Waals surface area (Å²) in [6.45, 7) is 5.77. The Morgan fingerprint density at radius 1 is 1.35 bits per heavy atom. The molecule has 0 aliphatic rings. The van der Waals surface area contributed by atoms with Gasteiger partial charge in [-0.3, -0.25) is 0 Å². The van der Waals surface area contributed by atoms with Crippen LogP contribution in [0, 0.1) is 6.92 Å². The molecule has 1 aromatic carbocycles. The fourth-order valence-corrected chi connectivity index (χ4v) is 2.28. The number of hydrogen-bond acceptors (Lipinski definition) is 4. The molecule has 0 aliphatic carbocycles. The Morgan fingerprint density at radius 3 is 3.10 bits per heavy atom. The zero-order chi connectivity index (χ0) is 13.9. The van der Waals surface area contributed by atoms with Crippen LogP contribution < -0.4 is 5.32 Å². The van der Waals surface area contributed by atoms with Crippen LogP contribution in [-0.4, -0.2) is 14.5 Å². The highest BCUT2D eigenvalue weighted by atomic mass is 16.3. The van der Waals surface area contributed by atoms with Crippen molar-refractivity contribution in [3.8, 4) is 0 Å². The molecule has 0 bridgehead atoms. The van der Waals surface area contributed by atoms with E-state index in [2.05, 4.69) is 26.8 Å². The molecule has 5 nitrogen and oxygen atoms in total. The van der Waals surface area contributed by atoms with Crippen LogP contribution in [0.1, 0.15) is 24.9 Å². The molecular weight excluding hydrogens is 252 g/mol. The van der Waals surface area contributed by atoms with Crippen molar-refractivity contribution in [2.24, 2.45) is 0 Å². The molecule has 0 amide bonds. The predicted octanol–water partition coefficient (Wildman–Crippen LogP) is 3.35. The highest BCUT2D eigenvalue weighted by Gasteiger charge is 2.04. The van der Waals surface area contributed by atoms with Crippen LogP contribution in [0.25, 0.3) is 11.1 Å². The smallest absolute Gasteiger partial charge is 0.192 e. The van der Waals surface area contributed by atoms with Crippen molar-refractivity contribution >= 4 is 16.8 Å². The quantitative estimate of drug-likeness (QED) is 0.772. The van der Waals surface area contributed by atoms with Crippen molar-refractivity contribution < 1.29 is 4.42 Å². The lowest BCUT2D eigenvalue weighted by molar-refractivity contribution is 0.561. The zero-order valence-corrected chi connectivity index (χ0v) is 11.8. The van der Waals surface area contributed by atoms with Gasteiger partial charge in [0.1, 0.15) is 5.52 Å². The summed E-state index contributed by atoms with van der Waals surface area (Å²) < 4.78 is 7.64. The van der Waals surface area contributed by atoms with Crippen LogP contribution >= 0.6 is 0 Å². The van der Waals surface area contributed by atoms with Gasteiger partial charge in [0, 0.05) is 25.4 Å². The Labute approximate surface area is 117 Å². The van der Waals surface area contributed by atoms with Crippen molar-refractivity contribution in [3.63, 3.8) is 0 Å². The van der Waals surface area contributed by atoms with E-state index < -0.39 is 0 Å². The second-order valence-electron chi connectivity index (χ2n) is 4.85. The van der Waals surface area contributed by atoms with Gasteiger partial charge < -0.3 is 14.3 Å². The Balaban J connectivity index is 1.74. The van der Waals surface area contributed by atoms with Crippen LogP contribution in [0.5, 0.6) is 0 Å². The minimum absolute atomic E-state index is 0.693. The molecule has 0 radical (unpaired) electrons. The average molecular weight is 270 g/mol. The molecule has 20 heavy (non-hydrogen) atoms. The van der Waals surface area contributed by atoms with Gasteiger partial charge in [0.2, 0.25) is 0 Å². The highest BCUT2D eigenvalue weighted by Crippen LogP contribution is 2.20. The molecule has 0 fully saturated rings. The number of imidazole rings is 1. The molecule has 5 heteroatoms. The Bertz CT molecular complexity index is 714. The molecule has 2 aromatic heterocycles. The maximum absolute atomic E-state index is 5.47. The number of anilines is 1. The molecule has 0 spiro atoms. The molecule has 3 aromatic rings. The third kappa shape index (κ3) is 2.52.